The van der Waals surface area contributed by atoms with Crippen LogP contribution < -0.4 is 10.1 Å². The Bertz CT molecular complexity index is 553. The molecule has 1 aromatic rings. The van der Waals surface area contributed by atoms with Gasteiger partial charge in [-0.3, -0.25) is 14.5 Å². The number of nitrogens with zero attached hydrogens (tertiary/aromatic N) is 1. The Balaban J connectivity index is 1.72. The number of rotatable bonds is 7. The van der Waals surface area contributed by atoms with Gasteiger partial charge >= 0.3 is 5.97 Å². The summed E-state index contributed by atoms with van der Waals surface area (Å²) in [6.45, 7) is 5.54. The van der Waals surface area contributed by atoms with Crippen molar-refractivity contribution < 1.29 is 19.4 Å². The molecule has 126 valence electrons. The molecule has 1 unspecified atom stereocenters. The van der Waals surface area contributed by atoms with Gasteiger partial charge in [0.15, 0.2) is 0 Å². The summed E-state index contributed by atoms with van der Waals surface area (Å²) in [7, 11) is 0. The average molecular weight is 320 g/mol. The highest BCUT2D eigenvalue weighted by Gasteiger charge is 2.31. The van der Waals surface area contributed by atoms with E-state index in [4.69, 9.17) is 9.84 Å². The standard InChI is InChI=1S/C17H24N2O4/c1-12-5-3-6-13(2)16(12)23-10-8-18-15(20)11-19-9-4-7-14(19)17(21)22/h3,5-6,14H,4,7-11H2,1-2H3,(H,18,20)(H,21,22). The molecule has 1 fully saturated rings. The van der Waals surface area contributed by atoms with Gasteiger partial charge in [0.1, 0.15) is 18.4 Å². The van der Waals surface area contributed by atoms with Crippen LogP contribution in [0.1, 0.15) is 24.0 Å². The molecule has 1 aromatic carbocycles. The third-order valence-corrected chi connectivity index (χ3v) is 4.07. The number of carboxylic acid groups (broad SMARTS) is 1. The first-order chi connectivity index (χ1) is 11.0. The molecule has 1 atom stereocenters. The van der Waals surface area contributed by atoms with E-state index in [1.807, 2.05) is 32.0 Å². The number of nitrogens with one attached hydrogen (secondary N) is 1. The van der Waals surface area contributed by atoms with Crippen molar-refractivity contribution in [2.45, 2.75) is 32.7 Å². The summed E-state index contributed by atoms with van der Waals surface area (Å²) >= 11 is 0. The van der Waals surface area contributed by atoms with Crippen LogP contribution in [0.25, 0.3) is 0 Å². The van der Waals surface area contributed by atoms with Gasteiger partial charge < -0.3 is 15.2 Å². The molecule has 23 heavy (non-hydrogen) atoms. The summed E-state index contributed by atoms with van der Waals surface area (Å²) in [6, 6.07) is 5.42. The highest BCUT2D eigenvalue weighted by Crippen LogP contribution is 2.22. The Kier molecular flexibility index (Phi) is 5.98. The van der Waals surface area contributed by atoms with Gasteiger partial charge in [-0.2, -0.15) is 0 Å². The number of benzene rings is 1. The minimum Gasteiger partial charge on any atom is -0.491 e. The van der Waals surface area contributed by atoms with Crippen molar-refractivity contribution in [3.8, 4) is 5.75 Å². The lowest BCUT2D eigenvalue weighted by Gasteiger charge is -2.20. The first kappa shape index (κ1) is 17.3. The molecule has 1 aliphatic heterocycles. The van der Waals surface area contributed by atoms with E-state index < -0.39 is 12.0 Å². The number of ether oxygens (including phenoxy) is 1. The number of aliphatic carboxylic acids is 1. The van der Waals surface area contributed by atoms with Gasteiger partial charge in [-0.1, -0.05) is 18.2 Å². The molecule has 0 aromatic heterocycles. The minimum atomic E-state index is -0.853. The van der Waals surface area contributed by atoms with Crippen LogP contribution in [0.15, 0.2) is 18.2 Å². The average Bonchev–Trinajstić information content (AvgIpc) is 2.94. The molecule has 1 heterocycles. The molecule has 1 saturated heterocycles. The molecule has 0 saturated carbocycles. The lowest BCUT2D eigenvalue weighted by Crippen LogP contribution is -2.43. The molecule has 6 heteroatoms. The van der Waals surface area contributed by atoms with Crippen molar-refractivity contribution >= 4 is 11.9 Å². The van der Waals surface area contributed by atoms with Crippen LogP contribution in [0.5, 0.6) is 5.75 Å². The van der Waals surface area contributed by atoms with Crippen LogP contribution >= 0.6 is 0 Å². The van der Waals surface area contributed by atoms with Crippen molar-refractivity contribution in [1.82, 2.24) is 10.2 Å². The molecule has 0 spiro atoms. The van der Waals surface area contributed by atoms with Crippen LogP contribution in [0, 0.1) is 13.8 Å². The van der Waals surface area contributed by atoms with Crippen molar-refractivity contribution in [3.05, 3.63) is 29.3 Å². The summed E-state index contributed by atoms with van der Waals surface area (Å²) in [4.78, 5) is 24.7. The van der Waals surface area contributed by atoms with Gasteiger partial charge in [-0.15, -0.1) is 0 Å². The Labute approximate surface area is 136 Å². The monoisotopic (exact) mass is 320 g/mol. The Hall–Kier alpha value is -2.08. The van der Waals surface area contributed by atoms with E-state index in [2.05, 4.69) is 5.32 Å². The lowest BCUT2D eigenvalue weighted by atomic mass is 10.1. The first-order valence-corrected chi connectivity index (χ1v) is 7.91. The van der Waals surface area contributed by atoms with E-state index in [1.54, 1.807) is 4.90 Å². The number of amides is 1. The molecule has 1 amide bonds. The van der Waals surface area contributed by atoms with Crippen LogP contribution in [0.3, 0.4) is 0 Å². The highest BCUT2D eigenvalue weighted by atomic mass is 16.5. The van der Waals surface area contributed by atoms with Crippen LogP contribution in [-0.2, 0) is 9.59 Å². The van der Waals surface area contributed by atoms with Gasteiger partial charge in [-0.05, 0) is 44.4 Å². The van der Waals surface area contributed by atoms with Gasteiger partial charge in [-0.25, -0.2) is 0 Å². The topological polar surface area (TPSA) is 78.9 Å². The maximum Gasteiger partial charge on any atom is 0.320 e. The smallest absolute Gasteiger partial charge is 0.320 e. The van der Waals surface area contributed by atoms with E-state index in [1.165, 1.54) is 0 Å². The van der Waals surface area contributed by atoms with E-state index >= 15 is 0 Å². The van der Waals surface area contributed by atoms with Crippen molar-refractivity contribution in [3.63, 3.8) is 0 Å². The highest BCUT2D eigenvalue weighted by molar-refractivity contribution is 5.80. The molecular weight excluding hydrogens is 296 g/mol. The fourth-order valence-electron chi connectivity index (χ4n) is 2.91. The largest absolute Gasteiger partial charge is 0.491 e. The number of aryl methyl sites for hydroxylation is 2. The zero-order valence-corrected chi connectivity index (χ0v) is 13.7. The van der Waals surface area contributed by atoms with Crippen LogP contribution in [0.4, 0.5) is 0 Å². The molecule has 0 radical (unpaired) electrons. The van der Waals surface area contributed by atoms with E-state index in [0.717, 1.165) is 23.3 Å². The number of hydrogen-bond donors (Lipinski definition) is 2. The zero-order chi connectivity index (χ0) is 16.8. The maximum atomic E-state index is 11.9. The van der Waals surface area contributed by atoms with Crippen molar-refractivity contribution in [1.29, 1.82) is 0 Å². The summed E-state index contributed by atoms with van der Waals surface area (Å²) < 4.78 is 5.72. The van der Waals surface area contributed by atoms with Gasteiger partial charge in [0.2, 0.25) is 5.91 Å². The number of likely N-dealkylation sites (tertiary alicyclic amines) is 1. The third-order valence-electron chi connectivity index (χ3n) is 4.07. The number of hydrogen-bond acceptors (Lipinski definition) is 4. The molecule has 0 aliphatic carbocycles. The van der Waals surface area contributed by atoms with Gasteiger partial charge in [0, 0.05) is 0 Å². The zero-order valence-electron chi connectivity index (χ0n) is 13.7. The Morgan fingerprint density at radius 1 is 1.35 bits per heavy atom. The molecule has 2 rings (SSSR count). The Morgan fingerprint density at radius 2 is 2.04 bits per heavy atom. The third kappa shape index (κ3) is 4.69. The molecule has 0 bridgehead atoms. The fourth-order valence-corrected chi connectivity index (χ4v) is 2.91. The maximum absolute atomic E-state index is 11.9. The van der Waals surface area contributed by atoms with Gasteiger partial charge in [0.05, 0.1) is 13.1 Å². The minimum absolute atomic E-state index is 0.125. The number of carboxylic acids is 1. The van der Waals surface area contributed by atoms with Crippen LogP contribution in [0.2, 0.25) is 0 Å². The van der Waals surface area contributed by atoms with Crippen molar-refractivity contribution in [2.24, 2.45) is 0 Å². The SMILES string of the molecule is Cc1cccc(C)c1OCCNC(=O)CN1CCCC1C(=O)O. The predicted molar refractivity (Wildman–Crippen MR) is 86.7 cm³/mol. The van der Waals surface area contributed by atoms with E-state index in [-0.39, 0.29) is 12.5 Å². The number of carbonyl (C=O) groups is 2. The quantitative estimate of drug-likeness (QED) is 0.741. The number of para-hydroxylation sites is 1. The van der Waals surface area contributed by atoms with E-state index in [0.29, 0.717) is 26.1 Å². The molecule has 6 nitrogen and oxygen atoms in total. The first-order valence-electron chi connectivity index (χ1n) is 7.91. The summed E-state index contributed by atoms with van der Waals surface area (Å²) in [6.07, 6.45) is 1.43. The fraction of sp³-hybridized carbons (Fsp3) is 0.529. The molecular formula is C17H24N2O4. The molecule has 2 N–H and O–H groups in total. The second-order valence-corrected chi connectivity index (χ2v) is 5.89. The summed E-state index contributed by atoms with van der Waals surface area (Å²) in [5.74, 6) is -0.163. The second kappa shape index (κ2) is 7.97. The van der Waals surface area contributed by atoms with Crippen LogP contribution in [-0.4, -0.2) is 54.2 Å². The normalized spacial score (nSPS) is 17.9. The Morgan fingerprint density at radius 3 is 2.70 bits per heavy atom. The lowest BCUT2D eigenvalue weighted by molar-refractivity contribution is -0.142. The second-order valence-electron chi connectivity index (χ2n) is 5.89. The molecule has 1 aliphatic rings. The summed E-state index contributed by atoms with van der Waals surface area (Å²) in [5, 5.41) is 11.9. The van der Waals surface area contributed by atoms with Gasteiger partial charge in [0.25, 0.3) is 0 Å². The summed E-state index contributed by atoms with van der Waals surface area (Å²) in [5.41, 5.74) is 2.13. The number of carbonyl (C=O) groups excluding carboxylic acids is 1. The van der Waals surface area contributed by atoms with E-state index in [9.17, 15) is 9.59 Å². The van der Waals surface area contributed by atoms with Crippen molar-refractivity contribution in [2.75, 3.05) is 26.2 Å². The predicted octanol–water partition coefficient (Wildman–Crippen LogP) is 1.35.